The summed E-state index contributed by atoms with van der Waals surface area (Å²) in [6.07, 6.45) is 11.0. The Kier molecular flexibility index (Phi) is 5.46. The highest BCUT2D eigenvalue weighted by Gasteiger charge is 2.25. The zero-order chi connectivity index (χ0) is 19.2. The molecule has 10 nitrogen and oxygen atoms in total. The Balaban J connectivity index is 1.41. The number of aromatic nitrogens is 4. The van der Waals surface area contributed by atoms with E-state index < -0.39 is 0 Å². The summed E-state index contributed by atoms with van der Waals surface area (Å²) >= 11 is 0. The summed E-state index contributed by atoms with van der Waals surface area (Å²) in [7, 11) is 0. The number of hydrogen-bond donors (Lipinski definition) is 1. The summed E-state index contributed by atoms with van der Waals surface area (Å²) < 4.78 is 10.0. The van der Waals surface area contributed by atoms with E-state index in [9.17, 15) is 4.79 Å². The highest BCUT2D eigenvalue weighted by molar-refractivity contribution is 5.74. The Bertz CT molecular complexity index is 818. The van der Waals surface area contributed by atoms with Gasteiger partial charge in [-0.05, 0) is 18.9 Å². The van der Waals surface area contributed by atoms with Gasteiger partial charge in [-0.2, -0.15) is 0 Å². The monoisotopic (exact) mass is 383 g/mol. The van der Waals surface area contributed by atoms with Crippen molar-refractivity contribution in [2.75, 3.05) is 18.0 Å². The molecule has 0 saturated carbocycles. The van der Waals surface area contributed by atoms with Crippen LogP contribution < -0.4 is 10.2 Å². The van der Waals surface area contributed by atoms with Gasteiger partial charge in [0.2, 0.25) is 5.95 Å². The molecule has 0 aliphatic carbocycles. The summed E-state index contributed by atoms with van der Waals surface area (Å²) in [5, 5.41) is 3.12. The molecule has 1 saturated heterocycles. The van der Waals surface area contributed by atoms with Crippen molar-refractivity contribution in [3.8, 4) is 0 Å². The number of piperidine rings is 1. The van der Waals surface area contributed by atoms with Crippen LogP contribution in [-0.4, -0.2) is 50.0 Å². The minimum atomic E-state index is -0.188. The second kappa shape index (κ2) is 8.51. The van der Waals surface area contributed by atoms with Crippen LogP contribution in [0.4, 0.5) is 10.7 Å². The number of carbonyl (C=O) groups excluding carboxylic acids is 1. The molecule has 2 amide bonds. The van der Waals surface area contributed by atoms with Crippen molar-refractivity contribution in [3.63, 3.8) is 0 Å². The molecule has 4 rings (SSSR count). The molecule has 146 valence electrons. The van der Waals surface area contributed by atoms with Crippen molar-refractivity contribution in [1.82, 2.24) is 30.2 Å². The number of rotatable bonds is 6. The third kappa shape index (κ3) is 4.45. The summed E-state index contributed by atoms with van der Waals surface area (Å²) in [6.45, 7) is 2.16. The van der Waals surface area contributed by atoms with Crippen molar-refractivity contribution in [2.24, 2.45) is 0 Å². The number of oxazole rings is 2. The highest BCUT2D eigenvalue weighted by Crippen LogP contribution is 2.16. The van der Waals surface area contributed by atoms with Crippen LogP contribution in [0.5, 0.6) is 0 Å². The van der Waals surface area contributed by atoms with Crippen molar-refractivity contribution < 1.29 is 13.6 Å². The van der Waals surface area contributed by atoms with Crippen LogP contribution in [0.3, 0.4) is 0 Å². The predicted molar refractivity (Wildman–Crippen MR) is 98.1 cm³/mol. The van der Waals surface area contributed by atoms with Crippen LogP contribution in [-0.2, 0) is 13.1 Å². The quantitative estimate of drug-likeness (QED) is 0.686. The fourth-order valence-corrected chi connectivity index (χ4v) is 3.22. The molecular formula is C18H21N7O3. The van der Waals surface area contributed by atoms with E-state index in [0.717, 1.165) is 19.4 Å². The number of amides is 2. The lowest BCUT2D eigenvalue weighted by molar-refractivity contribution is 0.185. The third-order valence-electron chi connectivity index (χ3n) is 4.54. The maximum absolute atomic E-state index is 13.0. The second-order valence-corrected chi connectivity index (χ2v) is 6.60. The summed E-state index contributed by atoms with van der Waals surface area (Å²) in [6, 6.07) is 1.60. The standard InChI is InChI=1S/C18H21N7O3/c26-18(23-14-3-1-6-24(7-14)17-19-4-2-5-20-17)25(8-15-10-27-12-21-15)9-16-11-28-13-22-16/h2,4-5,10-14H,1,3,6-9H2,(H,23,26)/t14-/m0/s1. The normalized spacial score (nSPS) is 16.7. The summed E-state index contributed by atoms with van der Waals surface area (Å²) in [5.41, 5.74) is 1.34. The zero-order valence-electron chi connectivity index (χ0n) is 15.3. The molecule has 3 aromatic rings. The summed E-state index contributed by atoms with van der Waals surface area (Å²) in [5.74, 6) is 0.684. The van der Waals surface area contributed by atoms with E-state index in [4.69, 9.17) is 8.83 Å². The first-order valence-electron chi connectivity index (χ1n) is 9.09. The first-order valence-corrected chi connectivity index (χ1v) is 9.09. The number of urea groups is 1. The van der Waals surface area contributed by atoms with Crippen molar-refractivity contribution in [2.45, 2.75) is 32.0 Å². The Labute approximate surface area is 161 Å². The van der Waals surface area contributed by atoms with Gasteiger partial charge in [-0.15, -0.1) is 0 Å². The molecule has 0 bridgehead atoms. The summed E-state index contributed by atoms with van der Waals surface area (Å²) in [4.78, 5) is 33.5. The SMILES string of the molecule is O=C(N[C@H]1CCCN(c2ncccn2)C1)N(Cc1cocn1)Cc1cocn1. The average molecular weight is 383 g/mol. The van der Waals surface area contributed by atoms with E-state index in [2.05, 4.69) is 30.2 Å². The molecule has 10 heteroatoms. The molecule has 4 heterocycles. The van der Waals surface area contributed by atoms with Gasteiger partial charge in [0.1, 0.15) is 12.5 Å². The second-order valence-electron chi connectivity index (χ2n) is 6.60. The van der Waals surface area contributed by atoms with E-state index in [1.54, 1.807) is 23.4 Å². The minimum absolute atomic E-state index is 0.00201. The number of nitrogens with one attached hydrogen (secondary N) is 1. The maximum Gasteiger partial charge on any atom is 0.318 e. The molecule has 3 aromatic heterocycles. The van der Waals surface area contributed by atoms with E-state index in [1.807, 2.05) is 0 Å². The van der Waals surface area contributed by atoms with Crippen molar-refractivity contribution in [3.05, 3.63) is 55.2 Å². The Morgan fingerprint density at radius 3 is 2.39 bits per heavy atom. The van der Waals surface area contributed by atoms with Gasteiger partial charge in [0.25, 0.3) is 0 Å². The molecule has 1 atom stereocenters. The molecule has 28 heavy (non-hydrogen) atoms. The zero-order valence-corrected chi connectivity index (χ0v) is 15.3. The van der Waals surface area contributed by atoms with Gasteiger partial charge in [0.05, 0.1) is 24.5 Å². The topological polar surface area (TPSA) is 113 Å². The van der Waals surface area contributed by atoms with Crippen LogP contribution in [0, 0.1) is 0 Å². The molecule has 0 unspecified atom stereocenters. The largest absolute Gasteiger partial charge is 0.451 e. The van der Waals surface area contributed by atoms with Crippen LogP contribution in [0.25, 0.3) is 0 Å². The minimum Gasteiger partial charge on any atom is -0.451 e. The lowest BCUT2D eigenvalue weighted by Gasteiger charge is -2.34. The van der Waals surface area contributed by atoms with Gasteiger partial charge >= 0.3 is 6.03 Å². The van der Waals surface area contributed by atoms with Crippen LogP contribution >= 0.6 is 0 Å². The molecule has 1 fully saturated rings. The van der Waals surface area contributed by atoms with Crippen LogP contribution in [0.2, 0.25) is 0 Å². The maximum atomic E-state index is 13.0. The number of carbonyl (C=O) groups is 1. The van der Waals surface area contributed by atoms with E-state index >= 15 is 0 Å². The molecule has 1 N–H and O–H groups in total. The highest BCUT2D eigenvalue weighted by atomic mass is 16.3. The van der Waals surface area contributed by atoms with E-state index in [-0.39, 0.29) is 12.1 Å². The lowest BCUT2D eigenvalue weighted by atomic mass is 10.1. The van der Waals surface area contributed by atoms with Gasteiger partial charge in [0, 0.05) is 31.5 Å². The van der Waals surface area contributed by atoms with E-state index in [0.29, 0.717) is 37.0 Å². The third-order valence-corrected chi connectivity index (χ3v) is 4.54. The van der Waals surface area contributed by atoms with Gasteiger partial charge in [-0.1, -0.05) is 0 Å². The van der Waals surface area contributed by atoms with Crippen LogP contribution in [0.15, 0.2) is 52.6 Å². The molecular weight excluding hydrogens is 362 g/mol. The Hall–Kier alpha value is -3.43. The fourth-order valence-electron chi connectivity index (χ4n) is 3.22. The molecule has 0 spiro atoms. The Morgan fingerprint density at radius 1 is 1.11 bits per heavy atom. The first kappa shape index (κ1) is 18.0. The number of anilines is 1. The average Bonchev–Trinajstić information content (AvgIpc) is 3.43. The van der Waals surface area contributed by atoms with Crippen molar-refractivity contribution in [1.29, 1.82) is 0 Å². The van der Waals surface area contributed by atoms with Gasteiger partial charge in [-0.25, -0.2) is 24.7 Å². The molecule has 1 aliphatic rings. The Morgan fingerprint density at radius 2 is 1.79 bits per heavy atom. The lowest BCUT2D eigenvalue weighted by Crippen LogP contribution is -2.51. The smallest absolute Gasteiger partial charge is 0.318 e. The number of hydrogen-bond acceptors (Lipinski definition) is 8. The van der Waals surface area contributed by atoms with Gasteiger partial charge in [-0.3, -0.25) is 0 Å². The predicted octanol–water partition coefficient (Wildman–Crippen LogP) is 1.83. The van der Waals surface area contributed by atoms with Gasteiger partial charge < -0.3 is 24.0 Å². The van der Waals surface area contributed by atoms with Gasteiger partial charge in [0.15, 0.2) is 12.8 Å². The molecule has 0 radical (unpaired) electrons. The molecule has 0 aromatic carbocycles. The first-order chi connectivity index (χ1) is 13.8. The number of nitrogens with zero attached hydrogens (tertiary/aromatic N) is 6. The van der Waals surface area contributed by atoms with E-state index in [1.165, 1.54) is 25.3 Å². The fraction of sp³-hybridized carbons (Fsp3) is 0.389. The van der Waals surface area contributed by atoms with Crippen LogP contribution in [0.1, 0.15) is 24.2 Å². The van der Waals surface area contributed by atoms with Crippen molar-refractivity contribution >= 4 is 12.0 Å². The molecule has 1 aliphatic heterocycles.